The van der Waals surface area contributed by atoms with Crippen LogP contribution in [0.2, 0.25) is 0 Å². The number of hydrogen-bond acceptors (Lipinski definition) is 8. The Morgan fingerprint density at radius 3 is 2.00 bits per heavy atom. The molecule has 0 aliphatic heterocycles. The molecule has 0 saturated heterocycles. The molecule has 0 aliphatic carbocycles. The van der Waals surface area contributed by atoms with E-state index in [9.17, 15) is 19.2 Å². The summed E-state index contributed by atoms with van der Waals surface area (Å²) in [5.41, 5.74) is 2.30. The van der Waals surface area contributed by atoms with Crippen molar-refractivity contribution in [3.8, 4) is 0 Å². The van der Waals surface area contributed by atoms with E-state index in [-0.39, 0.29) is 19.3 Å². The van der Waals surface area contributed by atoms with E-state index in [1.807, 2.05) is 0 Å². The number of nitrogens with one attached hydrogen (secondary N) is 2. The average Bonchev–Trinajstić information content (AvgIpc) is 2.54. The van der Waals surface area contributed by atoms with Gasteiger partial charge in [-0.15, -0.1) is 0 Å². The van der Waals surface area contributed by atoms with Crippen molar-refractivity contribution in [1.29, 1.82) is 0 Å². The van der Waals surface area contributed by atoms with Crippen LogP contribution in [0.1, 0.15) is 32.1 Å². The number of hydrogen-bond donors (Lipinski definition) is 4. The number of esters is 2. The van der Waals surface area contributed by atoms with Gasteiger partial charge in [-0.1, -0.05) is 0 Å². The second kappa shape index (κ2) is 11.4. The summed E-state index contributed by atoms with van der Waals surface area (Å²) in [7, 11) is 2.41. The summed E-state index contributed by atoms with van der Waals surface area (Å²) < 4.78 is 9.14. The van der Waals surface area contributed by atoms with Crippen molar-refractivity contribution in [2.24, 2.45) is 5.84 Å². The standard InChI is InChI=1S/C13H23N3O7/c1-22-12(20)8(15-10(17)6-7-11(18)19)4-3-5-9(16-14)13(21)23-2/h8-9,16H,3-7,14H2,1-2H3,(H,15,17)(H,18,19)/t8-,9-/m0/s1. The lowest BCUT2D eigenvalue weighted by Crippen LogP contribution is -2.44. The highest BCUT2D eigenvalue weighted by Crippen LogP contribution is 2.07. The van der Waals surface area contributed by atoms with Gasteiger partial charge >= 0.3 is 17.9 Å². The first-order chi connectivity index (χ1) is 10.8. The molecule has 0 fully saturated rings. The highest BCUT2D eigenvalue weighted by Gasteiger charge is 2.23. The summed E-state index contributed by atoms with van der Waals surface area (Å²) in [5.74, 6) is 2.38. The van der Waals surface area contributed by atoms with Crippen molar-refractivity contribution in [3.05, 3.63) is 0 Å². The number of amides is 1. The molecule has 0 spiro atoms. The Bertz CT molecular complexity index is 428. The molecule has 10 nitrogen and oxygen atoms in total. The number of ether oxygens (including phenoxy) is 2. The highest BCUT2D eigenvalue weighted by atomic mass is 16.5. The zero-order chi connectivity index (χ0) is 17.8. The first kappa shape index (κ1) is 20.8. The number of carboxylic acids is 1. The van der Waals surface area contributed by atoms with E-state index < -0.39 is 35.9 Å². The topological polar surface area (TPSA) is 157 Å². The van der Waals surface area contributed by atoms with Crippen LogP contribution in [-0.4, -0.2) is 55.2 Å². The van der Waals surface area contributed by atoms with Gasteiger partial charge in [0, 0.05) is 6.42 Å². The Morgan fingerprint density at radius 2 is 1.52 bits per heavy atom. The largest absolute Gasteiger partial charge is 0.481 e. The smallest absolute Gasteiger partial charge is 0.328 e. The maximum Gasteiger partial charge on any atom is 0.328 e. The first-order valence-electron chi connectivity index (χ1n) is 6.98. The number of nitrogens with two attached hydrogens (primary N) is 1. The molecule has 0 bridgehead atoms. The fraction of sp³-hybridized carbons (Fsp3) is 0.692. The van der Waals surface area contributed by atoms with Crippen LogP contribution in [0.5, 0.6) is 0 Å². The number of carbonyl (C=O) groups excluding carboxylic acids is 3. The minimum Gasteiger partial charge on any atom is -0.481 e. The van der Waals surface area contributed by atoms with Gasteiger partial charge in [-0.25, -0.2) is 10.2 Å². The van der Waals surface area contributed by atoms with Crippen molar-refractivity contribution >= 4 is 23.8 Å². The molecule has 0 rings (SSSR count). The van der Waals surface area contributed by atoms with E-state index in [4.69, 9.17) is 10.9 Å². The zero-order valence-electron chi connectivity index (χ0n) is 13.2. The lowest BCUT2D eigenvalue weighted by molar-refractivity contribution is -0.145. The molecule has 0 aliphatic rings. The molecule has 0 aromatic carbocycles. The maximum atomic E-state index is 11.6. The van der Waals surface area contributed by atoms with Gasteiger partial charge in [0.1, 0.15) is 12.1 Å². The molecule has 0 unspecified atom stereocenters. The molecular formula is C13H23N3O7. The quantitative estimate of drug-likeness (QED) is 0.204. The number of carbonyl (C=O) groups is 4. The number of methoxy groups -OCH3 is 2. The van der Waals surface area contributed by atoms with Crippen LogP contribution >= 0.6 is 0 Å². The monoisotopic (exact) mass is 333 g/mol. The van der Waals surface area contributed by atoms with Gasteiger partial charge in [-0.3, -0.25) is 20.2 Å². The molecule has 5 N–H and O–H groups in total. The van der Waals surface area contributed by atoms with Crippen LogP contribution in [0.15, 0.2) is 0 Å². The molecule has 0 radical (unpaired) electrons. The van der Waals surface area contributed by atoms with E-state index in [0.29, 0.717) is 12.8 Å². The Balaban J connectivity index is 4.45. The van der Waals surface area contributed by atoms with Crippen molar-refractivity contribution in [3.63, 3.8) is 0 Å². The van der Waals surface area contributed by atoms with Crippen molar-refractivity contribution in [2.45, 2.75) is 44.2 Å². The molecule has 0 saturated carbocycles. The molecule has 132 valence electrons. The Kier molecular flexibility index (Phi) is 10.3. The lowest BCUT2D eigenvalue weighted by atomic mass is 10.1. The summed E-state index contributed by atoms with van der Waals surface area (Å²) in [5, 5.41) is 10.9. The zero-order valence-corrected chi connectivity index (χ0v) is 13.2. The number of aliphatic carboxylic acids is 1. The van der Waals surface area contributed by atoms with Crippen molar-refractivity contribution < 1.29 is 33.8 Å². The molecule has 23 heavy (non-hydrogen) atoms. The minimum atomic E-state index is -1.11. The second-order valence-corrected chi connectivity index (χ2v) is 4.71. The number of rotatable bonds is 11. The van der Waals surface area contributed by atoms with Crippen LogP contribution in [-0.2, 0) is 28.7 Å². The van der Waals surface area contributed by atoms with Gasteiger partial charge in [0.25, 0.3) is 0 Å². The summed E-state index contributed by atoms with van der Waals surface area (Å²) in [6, 6.07) is -1.64. The molecular weight excluding hydrogens is 310 g/mol. The Labute approximate surface area is 133 Å². The van der Waals surface area contributed by atoms with Crippen LogP contribution in [0.25, 0.3) is 0 Å². The minimum absolute atomic E-state index is 0.209. The third-order valence-corrected chi connectivity index (χ3v) is 3.06. The number of carboxylic acid groups (broad SMARTS) is 1. The summed E-state index contributed by atoms with van der Waals surface area (Å²) in [4.78, 5) is 45.0. The molecule has 0 aromatic heterocycles. The molecule has 2 atom stereocenters. The molecule has 0 heterocycles. The van der Waals surface area contributed by atoms with Gasteiger partial charge in [0.05, 0.1) is 20.6 Å². The summed E-state index contributed by atoms with van der Waals surface area (Å²) >= 11 is 0. The van der Waals surface area contributed by atoms with Crippen LogP contribution in [0, 0.1) is 0 Å². The second-order valence-electron chi connectivity index (χ2n) is 4.71. The van der Waals surface area contributed by atoms with E-state index in [0.717, 1.165) is 0 Å². The van der Waals surface area contributed by atoms with Crippen molar-refractivity contribution in [1.82, 2.24) is 10.7 Å². The van der Waals surface area contributed by atoms with Crippen LogP contribution in [0.4, 0.5) is 0 Å². The third-order valence-electron chi connectivity index (χ3n) is 3.06. The van der Waals surface area contributed by atoms with E-state index in [2.05, 4.69) is 20.2 Å². The fourth-order valence-corrected chi connectivity index (χ4v) is 1.82. The summed E-state index contributed by atoms with van der Waals surface area (Å²) in [6.45, 7) is 0. The predicted molar refractivity (Wildman–Crippen MR) is 77.8 cm³/mol. The fourth-order valence-electron chi connectivity index (χ4n) is 1.82. The van der Waals surface area contributed by atoms with E-state index in [1.165, 1.54) is 14.2 Å². The van der Waals surface area contributed by atoms with Gasteiger partial charge in [0.2, 0.25) is 5.91 Å². The SMILES string of the molecule is COC(=O)[C@H](CCC[C@H](NC(=O)CCC(=O)O)C(=O)OC)NN. The van der Waals surface area contributed by atoms with Gasteiger partial charge < -0.3 is 19.9 Å². The Morgan fingerprint density at radius 1 is 1.00 bits per heavy atom. The molecule has 0 aromatic rings. The van der Waals surface area contributed by atoms with E-state index in [1.54, 1.807) is 0 Å². The highest BCUT2D eigenvalue weighted by molar-refractivity contribution is 5.86. The normalized spacial score (nSPS) is 12.8. The van der Waals surface area contributed by atoms with Crippen LogP contribution in [0.3, 0.4) is 0 Å². The van der Waals surface area contributed by atoms with Gasteiger partial charge in [0.15, 0.2) is 0 Å². The van der Waals surface area contributed by atoms with E-state index >= 15 is 0 Å². The van der Waals surface area contributed by atoms with Crippen LogP contribution < -0.4 is 16.6 Å². The first-order valence-corrected chi connectivity index (χ1v) is 6.98. The van der Waals surface area contributed by atoms with Gasteiger partial charge in [-0.2, -0.15) is 0 Å². The van der Waals surface area contributed by atoms with Gasteiger partial charge in [-0.05, 0) is 19.3 Å². The average molecular weight is 333 g/mol. The Hall–Kier alpha value is -2.20. The molecule has 10 heteroatoms. The summed E-state index contributed by atoms with van der Waals surface area (Å²) in [6.07, 6.45) is 0.310. The maximum absolute atomic E-state index is 11.6. The van der Waals surface area contributed by atoms with Crippen molar-refractivity contribution in [2.75, 3.05) is 14.2 Å². The predicted octanol–water partition coefficient (Wildman–Crippen LogP) is -1.32. The molecule has 1 amide bonds. The lowest BCUT2D eigenvalue weighted by Gasteiger charge is -2.18. The third kappa shape index (κ3) is 8.73. The number of hydrazine groups is 1.